The minimum absolute atomic E-state index is 0.00432. The van der Waals surface area contributed by atoms with Crippen molar-refractivity contribution >= 4 is 11.9 Å². The third kappa shape index (κ3) is 20.1. The number of rotatable bonds is 31. The van der Waals surface area contributed by atoms with Crippen molar-refractivity contribution in [2.45, 2.75) is 218 Å². The number of unbranched alkanes of at least 4 members (excludes halogenated alkanes) is 24. The van der Waals surface area contributed by atoms with Crippen molar-refractivity contribution in [2.24, 2.45) is 0 Å². The zero-order chi connectivity index (χ0) is 32.1. The maximum absolute atomic E-state index is 12.6. The Labute approximate surface area is 272 Å². The lowest BCUT2D eigenvalue weighted by Crippen LogP contribution is -2.36. The molecule has 0 spiro atoms. The third-order valence-electron chi connectivity index (χ3n) is 9.37. The molecule has 1 heterocycles. The molecule has 1 aliphatic heterocycles. The zero-order valence-electron chi connectivity index (χ0n) is 29.6. The summed E-state index contributed by atoms with van der Waals surface area (Å²) in [7, 11) is 2.78. The number of esters is 2. The number of hydrogen-bond acceptors (Lipinski definition) is 6. The molecule has 0 bridgehead atoms. The zero-order valence-corrected chi connectivity index (χ0v) is 29.6. The van der Waals surface area contributed by atoms with Gasteiger partial charge >= 0.3 is 11.9 Å². The van der Waals surface area contributed by atoms with Gasteiger partial charge < -0.3 is 18.9 Å². The highest BCUT2D eigenvalue weighted by Crippen LogP contribution is 2.39. The highest BCUT2D eigenvalue weighted by Gasteiger charge is 2.51. The van der Waals surface area contributed by atoms with Gasteiger partial charge in [-0.05, 0) is 12.8 Å². The van der Waals surface area contributed by atoms with Crippen LogP contribution in [-0.4, -0.2) is 44.2 Å². The van der Waals surface area contributed by atoms with Crippen LogP contribution in [0.1, 0.15) is 200 Å². The number of carbonyl (C=O) groups excluding carboxylic acids is 2. The average Bonchev–Trinajstić information content (AvgIpc) is 3.39. The predicted molar refractivity (Wildman–Crippen MR) is 182 cm³/mol. The highest BCUT2D eigenvalue weighted by molar-refractivity contribution is 5.76. The van der Waals surface area contributed by atoms with E-state index in [-0.39, 0.29) is 18.5 Å². The molecule has 260 valence electrons. The van der Waals surface area contributed by atoms with Crippen molar-refractivity contribution in [3.05, 3.63) is 0 Å². The molecular formula is C38H72O6. The summed E-state index contributed by atoms with van der Waals surface area (Å²) >= 11 is 0. The van der Waals surface area contributed by atoms with Crippen molar-refractivity contribution in [3.8, 4) is 0 Å². The summed E-state index contributed by atoms with van der Waals surface area (Å²) in [5, 5.41) is 0. The van der Waals surface area contributed by atoms with Gasteiger partial charge in [-0.1, -0.05) is 174 Å². The van der Waals surface area contributed by atoms with Crippen LogP contribution < -0.4 is 0 Å². The van der Waals surface area contributed by atoms with Gasteiger partial charge in [0.2, 0.25) is 0 Å². The van der Waals surface area contributed by atoms with Crippen LogP contribution in [0.5, 0.6) is 0 Å². The summed E-state index contributed by atoms with van der Waals surface area (Å²) in [5.74, 6) is -1.89. The van der Waals surface area contributed by atoms with Gasteiger partial charge in [0, 0.05) is 6.42 Å². The maximum atomic E-state index is 12.6. The van der Waals surface area contributed by atoms with Gasteiger partial charge in [-0.25, -0.2) is 4.79 Å². The van der Waals surface area contributed by atoms with Crippen LogP contribution in [0.15, 0.2) is 0 Å². The lowest BCUT2D eigenvalue weighted by molar-refractivity contribution is -0.200. The fourth-order valence-electron chi connectivity index (χ4n) is 6.56. The molecule has 0 aromatic carbocycles. The van der Waals surface area contributed by atoms with Gasteiger partial charge in [-0.3, -0.25) is 4.79 Å². The number of hydrogen-bond donors (Lipinski definition) is 0. The second kappa shape index (κ2) is 28.1. The molecule has 0 aliphatic carbocycles. The SMILES string of the molecule is CCCCCCCCCCCCCCC[C@@H]1O[C@](CCCCCCCCCCCCCCC)(CC(=O)OC)O[C@@H]1C(=O)OC. The molecule has 3 atom stereocenters. The van der Waals surface area contributed by atoms with E-state index in [0.717, 1.165) is 32.1 Å². The molecule has 0 radical (unpaired) electrons. The van der Waals surface area contributed by atoms with E-state index in [2.05, 4.69) is 13.8 Å². The quantitative estimate of drug-likeness (QED) is 0.0564. The summed E-state index contributed by atoms with van der Waals surface area (Å²) in [6.07, 6.45) is 33.6. The number of methoxy groups -OCH3 is 2. The van der Waals surface area contributed by atoms with Crippen LogP contribution in [0.4, 0.5) is 0 Å². The predicted octanol–water partition coefficient (Wildman–Crippen LogP) is 11.2. The summed E-state index contributed by atoms with van der Waals surface area (Å²) in [5.41, 5.74) is 0. The summed E-state index contributed by atoms with van der Waals surface area (Å²) in [6.45, 7) is 4.54. The fourth-order valence-corrected chi connectivity index (χ4v) is 6.56. The molecule has 44 heavy (non-hydrogen) atoms. The molecular weight excluding hydrogens is 552 g/mol. The Morgan fingerprint density at radius 1 is 0.523 bits per heavy atom. The Balaban J connectivity index is 2.35. The molecule has 0 unspecified atom stereocenters. The monoisotopic (exact) mass is 625 g/mol. The maximum Gasteiger partial charge on any atom is 0.337 e. The van der Waals surface area contributed by atoms with Crippen LogP contribution >= 0.6 is 0 Å². The van der Waals surface area contributed by atoms with Crippen molar-refractivity contribution in [3.63, 3.8) is 0 Å². The molecule has 0 aromatic rings. The molecule has 1 rings (SSSR count). The van der Waals surface area contributed by atoms with Gasteiger partial charge in [-0.15, -0.1) is 0 Å². The molecule has 1 saturated heterocycles. The van der Waals surface area contributed by atoms with Gasteiger partial charge in [-0.2, -0.15) is 0 Å². The first-order valence-electron chi connectivity index (χ1n) is 19.0. The second-order valence-corrected chi connectivity index (χ2v) is 13.4. The van der Waals surface area contributed by atoms with Crippen molar-refractivity contribution in [1.82, 2.24) is 0 Å². The average molecular weight is 625 g/mol. The molecule has 0 amide bonds. The van der Waals surface area contributed by atoms with Gasteiger partial charge in [0.25, 0.3) is 0 Å². The van der Waals surface area contributed by atoms with Crippen molar-refractivity contribution in [1.29, 1.82) is 0 Å². The normalized spacial score (nSPS) is 19.8. The van der Waals surface area contributed by atoms with E-state index in [1.54, 1.807) is 0 Å². The van der Waals surface area contributed by atoms with Gasteiger partial charge in [0.15, 0.2) is 11.9 Å². The smallest absolute Gasteiger partial charge is 0.337 e. The van der Waals surface area contributed by atoms with Crippen LogP contribution in [0.3, 0.4) is 0 Å². The van der Waals surface area contributed by atoms with E-state index in [4.69, 9.17) is 18.9 Å². The highest BCUT2D eigenvalue weighted by atomic mass is 16.8. The third-order valence-corrected chi connectivity index (χ3v) is 9.37. The lowest BCUT2D eigenvalue weighted by atomic mass is 10.0. The lowest BCUT2D eigenvalue weighted by Gasteiger charge is -2.27. The molecule has 6 nitrogen and oxygen atoms in total. The van der Waals surface area contributed by atoms with Gasteiger partial charge in [0.05, 0.1) is 26.7 Å². The van der Waals surface area contributed by atoms with Crippen molar-refractivity contribution < 1.29 is 28.5 Å². The molecule has 6 heteroatoms. The Kier molecular flexibility index (Phi) is 26.1. The Bertz CT molecular complexity index is 682. The summed E-state index contributed by atoms with van der Waals surface area (Å²) in [6, 6.07) is 0. The minimum atomic E-state index is -1.11. The fraction of sp³-hybridized carbons (Fsp3) is 0.947. The van der Waals surface area contributed by atoms with E-state index < -0.39 is 17.9 Å². The molecule has 1 aliphatic rings. The van der Waals surface area contributed by atoms with E-state index in [9.17, 15) is 9.59 Å². The number of carbonyl (C=O) groups is 2. The molecule has 0 aromatic heterocycles. The van der Waals surface area contributed by atoms with E-state index in [1.165, 1.54) is 155 Å². The largest absolute Gasteiger partial charge is 0.469 e. The second-order valence-electron chi connectivity index (χ2n) is 13.4. The van der Waals surface area contributed by atoms with E-state index in [1.807, 2.05) is 0 Å². The molecule has 1 fully saturated rings. The van der Waals surface area contributed by atoms with Crippen LogP contribution in [0.25, 0.3) is 0 Å². The van der Waals surface area contributed by atoms with Crippen molar-refractivity contribution in [2.75, 3.05) is 14.2 Å². The number of ether oxygens (including phenoxy) is 4. The Morgan fingerprint density at radius 3 is 1.30 bits per heavy atom. The van der Waals surface area contributed by atoms with E-state index >= 15 is 0 Å². The standard InChI is InChI=1S/C38H72O6/c1-5-7-9-11-13-15-17-19-21-23-25-27-29-31-34-36(37(40)42-4)44-38(43-34,33-35(39)41-3)32-30-28-26-24-22-20-18-16-14-12-10-8-6-2/h34,36H,5-33H2,1-4H3/t34-,36-,38-/m0/s1. The first-order valence-corrected chi connectivity index (χ1v) is 19.0. The van der Waals surface area contributed by atoms with Crippen LogP contribution in [-0.2, 0) is 28.5 Å². The van der Waals surface area contributed by atoms with Crippen LogP contribution in [0.2, 0.25) is 0 Å². The molecule has 0 saturated carbocycles. The van der Waals surface area contributed by atoms with E-state index in [0.29, 0.717) is 6.42 Å². The molecule has 0 N–H and O–H groups in total. The van der Waals surface area contributed by atoms with Crippen LogP contribution in [0, 0.1) is 0 Å². The summed E-state index contributed by atoms with van der Waals surface area (Å²) in [4.78, 5) is 25.0. The topological polar surface area (TPSA) is 71.1 Å². The Morgan fingerprint density at radius 2 is 0.909 bits per heavy atom. The first-order chi connectivity index (χ1) is 21.5. The Hall–Kier alpha value is -1.14. The first kappa shape index (κ1) is 40.9. The van der Waals surface area contributed by atoms with Gasteiger partial charge in [0.1, 0.15) is 0 Å². The minimum Gasteiger partial charge on any atom is -0.469 e. The summed E-state index contributed by atoms with van der Waals surface area (Å²) < 4.78 is 22.8.